The number of piperazine rings is 1. The molecule has 0 spiro atoms. The van der Waals surface area contributed by atoms with Gasteiger partial charge in [-0.05, 0) is 31.4 Å². The summed E-state index contributed by atoms with van der Waals surface area (Å²) in [6, 6.07) is 3.49. The second kappa shape index (κ2) is 4.71. The topological polar surface area (TPSA) is 37.4 Å². The highest BCUT2D eigenvalue weighted by Gasteiger charge is 2.38. The average molecular weight is 273 g/mol. The van der Waals surface area contributed by atoms with Crippen molar-refractivity contribution in [2.24, 2.45) is 0 Å². The minimum atomic E-state index is 0.220. The van der Waals surface area contributed by atoms with Crippen LogP contribution in [0, 0.1) is 0 Å². The number of aromatic nitrogens is 1. The van der Waals surface area contributed by atoms with Crippen LogP contribution >= 0.6 is 0 Å². The first-order valence-electron chi connectivity index (χ1n) is 7.91. The third-order valence-electron chi connectivity index (χ3n) is 4.87. The van der Waals surface area contributed by atoms with Crippen molar-refractivity contribution in [1.82, 2.24) is 10.3 Å². The van der Waals surface area contributed by atoms with Crippen molar-refractivity contribution in [3.05, 3.63) is 22.9 Å². The molecule has 0 bridgehead atoms. The van der Waals surface area contributed by atoms with Crippen molar-refractivity contribution in [3.8, 4) is 0 Å². The molecule has 1 N–H and O–H groups in total. The van der Waals surface area contributed by atoms with Crippen LogP contribution in [0.2, 0.25) is 0 Å². The van der Waals surface area contributed by atoms with Gasteiger partial charge in [-0.25, -0.2) is 4.98 Å². The van der Waals surface area contributed by atoms with E-state index in [1.54, 1.807) is 0 Å². The maximum Gasteiger partial charge on any atom is 0.132 e. The Kier molecular flexibility index (Phi) is 2.97. The largest absolute Gasteiger partial charge is 0.367 e. The van der Waals surface area contributed by atoms with E-state index in [-0.39, 0.29) is 6.10 Å². The highest BCUT2D eigenvalue weighted by Crippen LogP contribution is 2.40. The summed E-state index contributed by atoms with van der Waals surface area (Å²) in [5.41, 5.74) is 3.95. The molecule has 3 aliphatic heterocycles. The Morgan fingerprint density at radius 2 is 2.30 bits per heavy atom. The van der Waals surface area contributed by atoms with Gasteiger partial charge in [0.1, 0.15) is 11.9 Å². The molecule has 3 atom stereocenters. The van der Waals surface area contributed by atoms with Gasteiger partial charge in [-0.15, -0.1) is 0 Å². The van der Waals surface area contributed by atoms with Crippen LogP contribution in [0.15, 0.2) is 6.07 Å². The zero-order valence-electron chi connectivity index (χ0n) is 12.4. The maximum atomic E-state index is 5.91. The summed E-state index contributed by atoms with van der Waals surface area (Å²) in [6.45, 7) is 7.40. The number of nitrogens with one attached hydrogen (secondary N) is 1. The molecule has 0 saturated carbocycles. The van der Waals surface area contributed by atoms with Gasteiger partial charge in [-0.3, -0.25) is 0 Å². The Balaban J connectivity index is 1.73. The van der Waals surface area contributed by atoms with Gasteiger partial charge in [0.05, 0.1) is 12.3 Å². The minimum Gasteiger partial charge on any atom is -0.367 e. The van der Waals surface area contributed by atoms with Gasteiger partial charge in [-0.2, -0.15) is 0 Å². The van der Waals surface area contributed by atoms with Crippen LogP contribution in [0.5, 0.6) is 0 Å². The summed E-state index contributed by atoms with van der Waals surface area (Å²) >= 11 is 0. The Hall–Kier alpha value is -1.13. The van der Waals surface area contributed by atoms with E-state index in [0.717, 1.165) is 39.0 Å². The Morgan fingerprint density at radius 1 is 1.40 bits per heavy atom. The zero-order valence-corrected chi connectivity index (χ0v) is 12.4. The predicted molar refractivity (Wildman–Crippen MR) is 79.0 cm³/mol. The lowest BCUT2D eigenvalue weighted by molar-refractivity contribution is 0.0578. The smallest absolute Gasteiger partial charge is 0.132 e. The molecule has 1 aromatic rings. The molecule has 108 valence electrons. The van der Waals surface area contributed by atoms with E-state index in [9.17, 15) is 0 Å². The molecule has 1 saturated heterocycles. The highest BCUT2D eigenvalue weighted by molar-refractivity contribution is 5.58. The molecule has 0 aliphatic carbocycles. The molecular weight excluding hydrogens is 250 g/mol. The number of nitrogens with zero attached hydrogens (tertiary/aromatic N) is 2. The molecule has 0 unspecified atom stereocenters. The lowest BCUT2D eigenvalue weighted by Crippen LogP contribution is -2.55. The fraction of sp³-hybridized carbons (Fsp3) is 0.688. The Labute approximate surface area is 120 Å². The quantitative estimate of drug-likeness (QED) is 0.896. The van der Waals surface area contributed by atoms with E-state index in [1.165, 1.54) is 22.6 Å². The molecule has 1 aromatic heterocycles. The van der Waals surface area contributed by atoms with Crippen LogP contribution in [-0.2, 0) is 17.8 Å². The van der Waals surface area contributed by atoms with Gasteiger partial charge in [-0.1, -0.05) is 13.3 Å². The molecule has 0 radical (unpaired) electrons. The van der Waals surface area contributed by atoms with Gasteiger partial charge in [0, 0.05) is 30.7 Å². The highest BCUT2D eigenvalue weighted by atomic mass is 16.5. The van der Waals surface area contributed by atoms with Crippen LogP contribution in [0.1, 0.15) is 49.6 Å². The first-order valence-corrected chi connectivity index (χ1v) is 7.91. The van der Waals surface area contributed by atoms with Crippen LogP contribution < -0.4 is 10.2 Å². The van der Waals surface area contributed by atoms with Crippen LogP contribution in [-0.4, -0.2) is 30.2 Å². The van der Waals surface area contributed by atoms with E-state index < -0.39 is 0 Å². The number of fused-ring (bicyclic) bond motifs is 4. The third-order valence-corrected chi connectivity index (χ3v) is 4.87. The standard InChI is InChI=1S/C16H23N3O/c1-3-4-14-15-12(9-20-14)5-11-6-13-8-17-7-10(2)19(13)16(11)18-15/h5,10,13-14,17H,3-4,6-9H2,1-2H3/t10-,13+,14-/m0/s1. The minimum absolute atomic E-state index is 0.220. The number of hydrogen-bond donors (Lipinski definition) is 1. The van der Waals surface area contributed by atoms with E-state index in [0.29, 0.717) is 12.1 Å². The molecule has 20 heavy (non-hydrogen) atoms. The van der Waals surface area contributed by atoms with Crippen molar-refractivity contribution in [3.63, 3.8) is 0 Å². The third kappa shape index (κ3) is 1.78. The maximum absolute atomic E-state index is 5.91. The Bertz CT molecular complexity index is 531. The van der Waals surface area contributed by atoms with Crippen LogP contribution in [0.3, 0.4) is 0 Å². The molecule has 4 rings (SSSR count). The summed E-state index contributed by atoms with van der Waals surface area (Å²) in [5, 5.41) is 3.53. The van der Waals surface area contributed by atoms with Gasteiger partial charge in [0.15, 0.2) is 0 Å². The first-order chi connectivity index (χ1) is 9.78. The summed E-state index contributed by atoms with van der Waals surface area (Å²) in [5.74, 6) is 1.23. The first kappa shape index (κ1) is 12.6. The zero-order chi connectivity index (χ0) is 13.7. The molecule has 3 aliphatic rings. The van der Waals surface area contributed by atoms with Crippen molar-refractivity contribution >= 4 is 5.82 Å². The van der Waals surface area contributed by atoms with Crippen LogP contribution in [0.4, 0.5) is 5.82 Å². The fourth-order valence-corrected chi connectivity index (χ4v) is 3.95. The molecule has 0 amide bonds. The summed E-state index contributed by atoms with van der Waals surface area (Å²) in [6.07, 6.45) is 3.58. The summed E-state index contributed by atoms with van der Waals surface area (Å²) in [7, 11) is 0. The molecule has 4 heterocycles. The number of hydrogen-bond acceptors (Lipinski definition) is 4. The second-order valence-electron chi connectivity index (χ2n) is 6.38. The van der Waals surface area contributed by atoms with E-state index >= 15 is 0 Å². The van der Waals surface area contributed by atoms with Crippen molar-refractivity contribution in [1.29, 1.82) is 0 Å². The van der Waals surface area contributed by atoms with Crippen LogP contribution in [0.25, 0.3) is 0 Å². The normalized spacial score (nSPS) is 31.1. The molecule has 1 fully saturated rings. The fourth-order valence-electron chi connectivity index (χ4n) is 3.95. The molecule has 0 aromatic carbocycles. The average Bonchev–Trinajstić information content (AvgIpc) is 2.99. The lowest BCUT2D eigenvalue weighted by atomic mass is 10.0. The number of pyridine rings is 1. The molecular formula is C16H23N3O. The SMILES string of the molecule is CCC[C@@H]1OCc2cc3c(nc21)N1[C@@H](CNC[C@@H]1C)C3. The lowest BCUT2D eigenvalue weighted by Gasteiger charge is -2.37. The second-order valence-corrected chi connectivity index (χ2v) is 6.38. The predicted octanol–water partition coefficient (Wildman–Crippen LogP) is 2.18. The molecule has 4 nitrogen and oxygen atoms in total. The van der Waals surface area contributed by atoms with Gasteiger partial charge >= 0.3 is 0 Å². The van der Waals surface area contributed by atoms with E-state index in [2.05, 4.69) is 30.1 Å². The van der Waals surface area contributed by atoms with Gasteiger partial charge < -0.3 is 15.0 Å². The number of ether oxygens (including phenoxy) is 1. The van der Waals surface area contributed by atoms with Crippen molar-refractivity contribution in [2.75, 3.05) is 18.0 Å². The van der Waals surface area contributed by atoms with Crippen molar-refractivity contribution < 1.29 is 4.74 Å². The van der Waals surface area contributed by atoms with Crippen molar-refractivity contribution in [2.45, 2.75) is 57.9 Å². The number of anilines is 1. The van der Waals surface area contributed by atoms with E-state index in [1.807, 2.05) is 0 Å². The monoisotopic (exact) mass is 273 g/mol. The molecule has 4 heteroatoms. The summed E-state index contributed by atoms with van der Waals surface area (Å²) in [4.78, 5) is 7.58. The van der Waals surface area contributed by atoms with Gasteiger partial charge in [0.25, 0.3) is 0 Å². The van der Waals surface area contributed by atoms with Gasteiger partial charge in [0.2, 0.25) is 0 Å². The number of rotatable bonds is 2. The Morgan fingerprint density at radius 3 is 3.15 bits per heavy atom. The summed E-state index contributed by atoms with van der Waals surface area (Å²) < 4.78 is 5.91. The van der Waals surface area contributed by atoms with E-state index in [4.69, 9.17) is 9.72 Å².